The highest BCUT2D eigenvalue weighted by atomic mass is 16.5. The molecule has 1 N–H and O–H groups in total. The van der Waals surface area contributed by atoms with Crippen LogP contribution in [0.15, 0.2) is 12.1 Å². The van der Waals surface area contributed by atoms with Gasteiger partial charge in [0.25, 0.3) is 5.91 Å². The zero-order valence-corrected chi connectivity index (χ0v) is 13.5. The van der Waals surface area contributed by atoms with E-state index < -0.39 is 18.1 Å². The molecule has 0 bridgehead atoms. The van der Waals surface area contributed by atoms with Crippen molar-refractivity contribution in [3.63, 3.8) is 0 Å². The van der Waals surface area contributed by atoms with E-state index in [1.165, 1.54) is 12.0 Å². The lowest BCUT2D eigenvalue weighted by molar-refractivity contribution is -0.148. The van der Waals surface area contributed by atoms with Gasteiger partial charge in [0.05, 0.1) is 13.2 Å². The summed E-state index contributed by atoms with van der Waals surface area (Å²) in [5, 5.41) is 9.78. The van der Waals surface area contributed by atoms with Crippen LogP contribution in [0.25, 0.3) is 0 Å². The van der Waals surface area contributed by atoms with E-state index in [1.807, 2.05) is 32.9 Å². The van der Waals surface area contributed by atoms with Crippen LogP contribution in [0.2, 0.25) is 0 Å². The van der Waals surface area contributed by atoms with Crippen LogP contribution >= 0.6 is 0 Å². The maximum Gasteiger partial charge on any atom is 0.328 e. The van der Waals surface area contributed by atoms with E-state index in [9.17, 15) is 14.7 Å². The molecule has 2 rings (SSSR count). The van der Waals surface area contributed by atoms with Crippen LogP contribution < -0.4 is 0 Å². The van der Waals surface area contributed by atoms with Crippen LogP contribution in [0.5, 0.6) is 0 Å². The van der Waals surface area contributed by atoms with E-state index in [2.05, 4.69) is 0 Å². The molecule has 0 spiro atoms. The lowest BCUT2D eigenvalue weighted by Crippen LogP contribution is -2.51. The Bertz CT molecular complexity index is 597. The van der Waals surface area contributed by atoms with Crippen molar-refractivity contribution in [2.45, 2.75) is 45.8 Å². The molecule has 1 aromatic carbocycles. The largest absolute Gasteiger partial charge is 0.467 e. The zero-order valence-electron chi connectivity index (χ0n) is 13.5. The number of hydrogen-bond acceptors (Lipinski definition) is 4. The molecule has 0 aromatic heterocycles. The fourth-order valence-electron chi connectivity index (χ4n) is 2.89. The van der Waals surface area contributed by atoms with E-state index in [4.69, 9.17) is 4.74 Å². The molecule has 0 radical (unpaired) electrons. The number of rotatable bonds is 2. The van der Waals surface area contributed by atoms with Gasteiger partial charge in [-0.3, -0.25) is 4.79 Å². The first kappa shape index (κ1) is 16.5. The van der Waals surface area contributed by atoms with Crippen molar-refractivity contribution < 1.29 is 19.4 Å². The van der Waals surface area contributed by atoms with Crippen molar-refractivity contribution >= 4 is 11.9 Å². The fraction of sp³-hybridized carbons (Fsp3) is 0.529. The van der Waals surface area contributed by atoms with Crippen LogP contribution in [-0.2, 0) is 9.53 Å². The van der Waals surface area contributed by atoms with Crippen LogP contribution in [0.4, 0.5) is 0 Å². The highest BCUT2D eigenvalue weighted by molar-refractivity contribution is 5.98. The Hall–Kier alpha value is -1.88. The first-order valence-corrected chi connectivity index (χ1v) is 7.49. The predicted molar refractivity (Wildman–Crippen MR) is 82.7 cm³/mol. The number of carbonyl (C=O) groups is 2. The number of aliphatic hydroxyl groups is 1. The topological polar surface area (TPSA) is 66.8 Å². The number of ether oxygens (including phenoxy) is 1. The molecule has 0 aliphatic carbocycles. The SMILES string of the molecule is COC(=O)[C@H]1C[C@@H](O)CCN1C(=O)c1cc(C)c(C)cc1C. The van der Waals surface area contributed by atoms with Gasteiger partial charge in [-0.25, -0.2) is 4.79 Å². The Balaban J connectivity index is 2.34. The van der Waals surface area contributed by atoms with Gasteiger partial charge >= 0.3 is 5.97 Å². The van der Waals surface area contributed by atoms with Crippen LogP contribution in [0.1, 0.15) is 39.9 Å². The summed E-state index contributed by atoms with van der Waals surface area (Å²) in [6.07, 6.45) is 0.125. The minimum absolute atomic E-state index is 0.178. The molecule has 5 nitrogen and oxygen atoms in total. The maximum absolute atomic E-state index is 12.9. The maximum atomic E-state index is 12.9. The highest BCUT2D eigenvalue weighted by Crippen LogP contribution is 2.24. The summed E-state index contributed by atoms with van der Waals surface area (Å²) in [6, 6.07) is 3.13. The Kier molecular flexibility index (Phi) is 4.86. The summed E-state index contributed by atoms with van der Waals surface area (Å²) in [7, 11) is 1.30. The molecule has 2 atom stereocenters. The van der Waals surface area contributed by atoms with E-state index in [0.717, 1.165) is 16.7 Å². The number of nitrogens with zero attached hydrogens (tertiary/aromatic N) is 1. The molecule has 1 heterocycles. The second kappa shape index (κ2) is 6.48. The number of likely N-dealkylation sites (tertiary alicyclic amines) is 1. The molecule has 1 saturated heterocycles. The van der Waals surface area contributed by atoms with Crippen molar-refractivity contribution in [1.29, 1.82) is 0 Å². The number of aliphatic hydroxyl groups excluding tert-OH is 1. The molecule has 1 aromatic rings. The highest BCUT2D eigenvalue weighted by Gasteiger charge is 2.37. The first-order valence-electron chi connectivity index (χ1n) is 7.49. The number of amides is 1. The Labute approximate surface area is 130 Å². The number of esters is 1. The van der Waals surface area contributed by atoms with Gasteiger partial charge < -0.3 is 14.7 Å². The minimum atomic E-state index is -0.720. The van der Waals surface area contributed by atoms with E-state index in [1.54, 1.807) is 0 Å². The van der Waals surface area contributed by atoms with E-state index in [0.29, 0.717) is 18.5 Å². The molecule has 1 aliphatic heterocycles. The third-order valence-corrected chi connectivity index (χ3v) is 4.38. The van der Waals surface area contributed by atoms with Gasteiger partial charge in [0.15, 0.2) is 0 Å². The summed E-state index contributed by atoms with van der Waals surface area (Å²) >= 11 is 0. The van der Waals surface area contributed by atoms with Gasteiger partial charge in [-0.05, 0) is 49.9 Å². The Morgan fingerprint density at radius 3 is 2.45 bits per heavy atom. The third-order valence-electron chi connectivity index (χ3n) is 4.38. The van der Waals surface area contributed by atoms with Gasteiger partial charge in [0.1, 0.15) is 6.04 Å². The summed E-state index contributed by atoms with van der Waals surface area (Å²) in [4.78, 5) is 26.3. The molecule has 1 fully saturated rings. The van der Waals surface area contributed by atoms with Crippen LogP contribution in [-0.4, -0.2) is 47.7 Å². The smallest absolute Gasteiger partial charge is 0.328 e. The summed E-state index contributed by atoms with van der Waals surface area (Å²) in [5.41, 5.74) is 3.67. The number of piperidine rings is 1. The van der Waals surface area contributed by atoms with Crippen LogP contribution in [0.3, 0.4) is 0 Å². The summed E-state index contributed by atoms with van der Waals surface area (Å²) in [5.74, 6) is -0.656. The third kappa shape index (κ3) is 3.14. The average Bonchev–Trinajstić information content (AvgIpc) is 2.49. The first-order chi connectivity index (χ1) is 10.3. The molecule has 1 aliphatic rings. The molecule has 5 heteroatoms. The van der Waals surface area contributed by atoms with Gasteiger partial charge in [-0.1, -0.05) is 6.07 Å². The summed E-state index contributed by atoms with van der Waals surface area (Å²) in [6.45, 7) is 6.21. The average molecular weight is 305 g/mol. The molecule has 0 saturated carbocycles. The number of methoxy groups -OCH3 is 1. The summed E-state index contributed by atoms with van der Waals surface area (Å²) < 4.78 is 4.78. The number of carbonyl (C=O) groups excluding carboxylic acids is 2. The lowest BCUT2D eigenvalue weighted by Gasteiger charge is -2.36. The number of benzene rings is 1. The normalized spacial score (nSPS) is 21.6. The standard InChI is InChI=1S/C17H23NO4/c1-10-7-12(3)14(8-11(10)2)16(20)18-6-5-13(19)9-15(18)17(21)22-4/h7-8,13,15,19H,5-6,9H2,1-4H3/t13-,15+/m0/s1. The van der Waals surface area contributed by atoms with Crippen molar-refractivity contribution in [3.8, 4) is 0 Å². The number of hydrogen-bond donors (Lipinski definition) is 1. The van der Waals surface area contributed by atoms with E-state index in [-0.39, 0.29) is 12.3 Å². The van der Waals surface area contributed by atoms with Crippen molar-refractivity contribution in [2.24, 2.45) is 0 Å². The second-order valence-corrected chi connectivity index (χ2v) is 5.97. The lowest BCUT2D eigenvalue weighted by atomic mass is 9.95. The van der Waals surface area contributed by atoms with Gasteiger partial charge in [-0.2, -0.15) is 0 Å². The second-order valence-electron chi connectivity index (χ2n) is 5.97. The van der Waals surface area contributed by atoms with Gasteiger partial charge in [-0.15, -0.1) is 0 Å². The minimum Gasteiger partial charge on any atom is -0.467 e. The zero-order chi connectivity index (χ0) is 16.4. The molecular weight excluding hydrogens is 282 g/mol. The molecule has 22 heavy (non-hydrogen) atoms. The van der Waals surface area contributed by atoms with Crippen LogP contribution in [0, 0.1) is 20.8 Å². The van der Waals surface area contributed by atoms with E-state index >= 15 is 0 Å². The monoisotopic (exact) mass is 305 g/mol. The van der Waals surface area contributed by atoms with Crippen molar-refractivity contribution in [1.82, 2.24) is 4.90 Å². The van der Waals surface area contributed by atoms with Crippen molar-refractivity contribution in [3.05, 3.63) is 34.4 Å². The van der Waals surface area contributed by atoms with Crippen molar-refractivity contribution in [2.75, 3.05) is 13.7 Å². The number of aryl methyl sites for hydroxylation is 3. The Morgan fingerprint density at radius 2 is 1.82 bits per heavy atom. The fourth-order valence-corrected chi connectivity index (χ4v) is 2.89. The molecular formula is C17H23NO4. The van der Waals surface area contributed by atoms with Gasteiger partial charge in [0, 0.05) is 18.5 Å². The van der Waals surface area contributed by atoms with Gasteiger partial charge in [0.2, 0.25) is 0 Å². The Morgan fingerprint density at radius 1 is 1.18 bits per heavy atom. The molecule has 1 amide bonds. The molecule has 120 valence electrons. The predicted octanol–water partition coefficient (Wildman–Crippen LogP) is 1.75. The quantitative estimate of drug-likeness (QED) is 0.845. The molecule has 0 unspecified atom stereocenters.